The summed E-state index contributed by atoms with van der Waals surface area (Å²) in [6, 6.07) is 8.71. The van der Waals surface area contributed by atoms with Crippen molar-refractivity contribution in [2.24, 2.45) is 5.92 Å². The molecule has 18 heavy (non-hydrogen) atoms. The van der Waals surface area contributed by atoms with E-state index < -0.39 is 0 Å². The van der Waals surface area contributed by atoms with Crippen molar-refractivity contribution in [1.29, 1.82) is 0 Å². The highest BCUT2D eigenvalue weighted by Gasteiger charge is 2.11. The molecule has 1 aromatic rings. The van der Waals surface area contributed by atoms with E-state index >= 15 is 0 Å². The van der Waals surface area contributed by atoms with Crippen LogP contribution in [0.25, 0.3) is 0 Å². The molecule has 0 aromatic heterocycles. The molecule has 0 heterocycles. The van der Waals surface area contributed by atoms with Gasteiger partial charge in [-0.05, 0) is 43.1 Å². The van der Waals surface area contributed by atoms with Gasteiger partial charge in [0.15, 0.2) is 0 Å². The fourth-order valence-corrected chi connectivity index (χ4v) is 2.98. The second-order valence-corrected chi connectivity index (χ2v) is 6.30. The third kappa shape index (κ3) is 6.12. The van der Waals surface area contributed by atoms with Crippen LogP contribution in [0.2, 0.25) is 5.02 Å². The van der Waals surface area contributed by atoms with Crippen LogP contribution in [0.15, 0.2) is 29.2 Å². The van der Waals surface area contributed by atoms with Crippen LogP contribution in [-0.4, -0.2) is 18.3 Å². The molecule has 0 aliphatic carbocycles. The van der Waals surface area contributed by atoms with E-state index in [1.807, 2.05) is 23.9 Å². The lowest BCUT2D eigenvalue weighted by atomic mass is 10.0. The van der Waals surface area contributed by atoms with Crippen molar-refractivity contribution in [3.8, 4) is 0 Å². The third-order valence-corrected chi connectivity index (χ3v) is 4.57. The summed E-state index contributed by atoms with van der Waals surface area (Å²) in [6.45, 7) is 7.82. The zero-order valence-electron chi connectivity index (χ0n) is 11.6. The maximum absolute atomic E-state index is 5.89. The molecule has 1 N–H and O–H groups in total. The average Bonchev–Trinajstić information content (AvgIpc) is 2.38. The van der Waals surface area contributed by atoms with Crippen LogP contribution in [0.3, 0.4) is 0 Å². The number of benzene rings is 1. The molecule has 0 saturated heterocycles. The monoisotopic (exact) mass is 285 g/mol. The van der Waals surface area contributed by atoms with Crippen LogP contribution in [-0.2, 0) is 0 Å². The van der Waals surface area contributed by atoms with Crippen molar-refractivity contribution in [2.45, 2.75) is 44.6 Å². The zero-order chi connectivity index (χ0) is 13.4. The van der Waals surface area contributed by atoms with E-state index in [2.05, 4.69) is 38.2 Å². The molecule has 0 aliphatic heterocycles. The maximum atomic E-state index is 5.89. The maximum Gasteiger partial charge on any atom is 0.0406 e. The SMILES string of the molecule is CCNC(CSc1ccc(Cl)cc1)CC(C)CC. The van der Waals surface area contributed by atoms with E-state index in [4.69, 9.17) is 11.6 Å². The van der Waals surface area contributed by atoms with Gasteiger partial charge in [-0.3, -0.25) is 0 Å². The summed E-state index contributed by atoms with van der Waals surface area (Å²) >= 11 is 7.80. The molecule has 2 atom stereocenters. The molecule has 2 unspecified atom stereocenters. The van der Waals surface area contributed by atoms with E-state index in [0.29, 0.717) is 6.04 Å². The Labute approximate surface area is 121 Å². The molecule has 1 aromatic carbocycles. The second kappa shape index (κ2) is 8.84. The van der Waals surface area contributed by atoms with Gasteiger partial charge in [-0.2, -0.15) is 0 Å². The van der Waals surface area contributed by atoms with Crippen LogP contribution in [0, 0.1) is 5.92 Å². The minimum Gasteiger partial charge on any atom is -0.313 e. The summed E-state index contributed by atoms with van der Waals surface area (Å²) in [5, 5.41) is 4.39. The van der Waals surface area contributed by atoms with Crippen molar-refractivity contribution < 1.29 is 0 Å². The molecule has 0 radical (unpaired) electrons. The lowest BCUT2D eigenvalue weighted by Gasteiger charge is -2.20. The standard InChI is InChI=1S/C15H24ClNS/c1-4-12(3)10-14(17-5-2)11-18-15-8-6-13(16)7-9-15/h6-9,12,14,17H,4-5,10-11H2,1-3H3. The van der Waals surface area contributed by atoms with Crippen LogP contribution >= 0.6 is 23.4 Å². The van der Waals surface area contributed by atoms with Gasteiger partial charge < -0.3 is 5.32 Å². The number of nitrogens with one attached hydrogen (secondary N) is 1. The number of thioether (sulfide) groups is 1. The molecule has 0 amide bonds. The summed E-state index contributed by atoms with van der Waals surface area (Å²) < 4.78 is 0. The van der Waals surface area contributed by atoms with Crippen LogP contribution in [0.5, 0.6) is 0 Å². The Morgan fingerprint density at radius 3 is 2.44 bits per heavy atom. The van der Waals surface area contributed by atoms with E-state index in [9.17, 15) is 0 Å². The molecule has 1 nitrogen and oxygen atoms in total. The van der Waals surface area contributed by atoms with Gasteiger partial charge in [0.05, 0.1) is 0 Å². The van der Waals surface area contributed by atoms with E-state index in [0.717, 1.165) is 23.2 Å². The lowest BCUT2D eigenvalue weighted by Crippen LogP contribution is -2.32. The minimum atomic E-state index is 0.602. The van der Waals surface area contributed by atoms with Crippen molar-refractivity contribution in [3.05, 3.63) is 29.3 Å². The Morgan fingerprint density at radius 2 is 1.89 bits per heavy atom. The van der Waals surface area contributed by atoms with E-state index in [1.54, 1.807) is 0 Å². The fraction of sp³-hybridized carbons (Fsp3) is 0.600. The van der Waals surface area contributed by atoms with Gasteiger partial charge in [0.1, 0.15) is 0 Å². The van der Waals surface area contributed by atoms with Crippen LogP contribution in [0.1, 0.15) is 33.6 Å². The number of halogens is 1. The molecule has 0 spiro atoms. The lowest BCUT2D eigenvalue weighted by molar-refractivity contribution is 0.423. The number of hydrogen-bond donors (Lipinski definition) is 1. The van der Waals surface area contributed by atoms with Gasteiger partial charge in [-0.15, -0.1) is 11.8 Å². The molecule has 1 rings (SSSR count). The smallest absolute Gasteiger partial charge is 0.0406 e. The van der Waals surface area contributed by atoms with Gasteiger partial charge in [0.25, 0.3) is 0 Å². The fourth-order valence-electron chi connectivity index (χ4n) is 1.88. The molecule has 3 heteroatoms. The molecular formula is C15H24ClNS. The Morgan fingerprint density at radius 1 is 1.22 bits per heavy atom. The number of rotatable bonds is 8. The zero-order valence-corrected chi connectivity index (χ0v) is 13.2. The Kier molecular flexibility index (Phi) is 7.80. The van der Waals surface area contributed by atoms with Gasteiger partial charge in [0.2, 0.25) is 0 Å². The van der Waals surface area contributed by atoms with Gasteiger partial charge in [0, 0.05) is 21.7 Å². The summed E-state index contributed by atoms with van der Waals surface area (Å²) in [5.74, 6) is 1.92. The summed E-state index contributed by atoms with van der Waals surface area (Å²) in [6.07, 6.45) is 2.51. The van der Waals surface area contributed by atoms with Crippen molar-refractivity contribution in [1.82, 2.24) is 5.32 Å². The highest BCUT2D eigenvalue weighted by Crippen LogP contribution is 2.23. The highest BCUT2D eigenvalue weighted by atomic mass is 35.5. The topological polar surface area (TPSA) is 12.0 Å². The summed E-state index contributed by atoms with van der Waals surface area (Å²) in [7, 11) is 0. The van der Waals surface area contributed by atoms with Gasteiger partial charge in [-0.1, -0.05) is 38.8 Å². The van der Waals surface area contributed by atoms with E-state index in [1.165, 1.54) is 17.7 Å². The van der Waals surface area contributed by atoms with Crippen molar-refractivity contribution in [3.63, 3.8) is 0 Å². The molecule has 102 valence electrons. The Balaban J connectivity index is 2.43. The Hall–Kier alpha value is -0.180. The average molecular weight is 286 g/mol. The third-order valence-electron chi connectivity index (χ3n) is 3.14. The summed E-state index contributed by atoms with van der Waals surface area (Å²) in [4.78, 5) is 1.30. The summed E-state index contributed by atoms with van der Waals surface area (Å²) in [5.41, 5.74) is 0. The molecule has 0 saturated carbocycles. The predicted molar refractivity (Wildman–Crippen MR) is 83.7 cm³/mol. The first-order valence-corrected chi connectivity index (χ1v) is 8.13. The quantitative estimate of drug-likeness (QED) is 0.686. The molecule has 0 fully saturated rings. The van der Waals surface area contributed by atoms with Crippen molar-refractivity contribution in [2.75, 3.05) is 12.3 Å². The molecule has 0 bridgehead atoms. The highest BCUT2D eigenvalue weighted by molar-refractivity contribution is 7.99. The van der Waals surface area contributed by atoms with E-state index in [-0.39, 0.29) is 0 Å². The van der Waals surface area contributed by atoms with Crippen molar-refractivity contribution >= 4 is 23.4 Å². The van der Waals surface area contributed by atoms with Gasteiger partial charge in [-0.25, -0.2) is 0 Å². The Bertz CT molecular complexity index is 326. The largest absolute Gasteiger partial charge is 0.313 e. The molecule has 0 aliphatic rings. The van der Waals surface area contributed by atoms with Gasteiger partial charge >= 0.3 is 0 Å². The first-order chi connectivity index (χ1) is 8.65. The first-order valence-electron chi connectivity index (χ1n) is 6.77. The van der Waals surface area contributed by atoms with Crippen LogP contribution < -0.4 is 5.32 Å². The minimum absolute atomic E-state index is 0.602. The van der Waals surface area contributed by atoms with Crippen LogP contribution in [0.4, 0.5) is 0 Å². The predicted octanol–water partition coefficient (Wildman–Crippen LogP) is 4.85. The second-order valence-electron chi connectivity index (χ2n) is 4.77. The molecular weight excluding hydrogens is 262 g/mol. The first kappa shape index (κ1) is 15.9. The normalized spacial score (nSPS) is 14.4. The number of hydrogen-bond acceptors (Lipinski definition) is 2.